The molecule has 0 aromatic heterocycles. The van der Waals surface area contributed by atoms with Gasteiger partial charge in [0.1, 0.15) is 11.8 Å². The molecule has 0 aliphatic carbocycles. The van der Waals surface area contributed by atoms with E-state index in [1.54, 1.807) is 4.90 Å². The Morgan fingerprint density at radius 3 is 2.39 bits per heavy atom. The van der Waals surface area contributed by atoms with Gasteiger partial charge in [0.05, 0.1) is 0 Å². The zero-order chi connectivity index (χ0) is 22.8. The van der Waals surface area contributed by atoms with Crippen LogP contribution in [0.2, 0.25) is 0 Å². The van der Waals surface area contributed by atoms with Gasteiger partial charge in [-0.3, -0.25) is 9.59 Å². The molecule has 2 aromatic carbocycles. The van der Waals surface area contributed by atoms with E-state index >= 15 is 0 Å². The molecule has 0 radical (unpaired) electrons. The highest BCUT2D eigenvalue weighted by Gasteiger charge is 2.28. The van der Waals surface area contributed by atoms with Crippen LogP contribution in [0.4, 0.5) is 0 Å². The summed E-state index contributed by atoms with van der Waals surface area (Å²) in [6, 6.07) is 15.3. The molecule has 0 unspecified atom stereocenters. The second-order valence-electron chi connectivity index (χ2n) is 8.37. The summed E-state index contributed by atoms with van der Waals surface area (Å²) in [5.74, 6) is 0.768. The predicted octanol–water partition coefficient (Wildman–Crippen LogP) is 4.30. The molecule has 2 rings (SSSR count). The lowest BCUT2D eigenvalue weighted by Gasteiger charge is -2.31. The van der Waals surface area contributed by atoms with Crippen molar-refractivity contribution in [2.75, 3.05) is 19.7 Å². The largest absolute Gasteiger partial charge is 0.483 e. The molecule has 0 saturated heterocycles. The van der Waals surface area contributed by atoms with E-state index in [9.17, 15) is 9.59 Å². The molecule has 1 N–H and O–H groups in total. The van der Waals surface area contributed by atoms with Crippen molar-refractivity contribution in [3.63, 3.8) is 0 Å². The summed E-state index contributed by atoms with van der Waals surface area (Å²) >= 11 is 0. The van der Waals surface area contributed by atoms with E-state index < -0.39 is 6.04 Å². The molecule has 5 nitrogen and oxygen atoms in total. The fraction of sp³-hybridized carbons (Fsp3) is 0.462. The summed E-state index contributed by atoms with van der Waals surface area (Å²) in [4.78, 5) is 27.7. The maximum Gasteiger partial charge on any atom is 0.261 e. The summed E-state index contributed by atoms with van der Waals surface area (Å²) in [5, 5.41) is 2.98. The summed E-state index contributed by atoms with van der Waals surface area (Å²) in [5.41, 5.74) is 3.27. The number of ether oxygens (including phenoxy) is 1. The molecule has 2 amide bonds. The van der Waals surface area contributed by atoms with E-state index in [1.165, 1.54) is 0 Å². The number of nitrogens with one attached hydrogen (secondary N) is 1. The molecule has 1 atom stereocenters. The van der Waals surface area contributed by atoms with Crippen LogP contribution in [0.25, 0.3) is 0 Å². The number of hydrogen-bond donors (Lipinski definition) is 1. The van der Waals surface area contributed by atoms with Gasteiger partial charge in [-0.25, -0.2) is 0 Å². The number of aryl methyl sites for hydroxylation is 1. The van der Waals surface area contributed by atoms with Gasteiger partial charge in [-0.05, 0) is 55.4 Å². The highest BCUT2D eigenvalue weighted by atomic mass is 16.5. The van der Waals surface area contributed by atoms with Crippen LogP contribution in [0.1, 0.15) is 43.9 Å². The third-order valence-corrected chi connectivity index (χ3v) is 5.46. The Morgan fingerprint density at radius 2 is 1.74 bits per heavy atom. The number of carbonyl (C=O) groups is 2. The normalized spacial score (nSPS) is 11.8. The molecule has 0 heterocycles. The van der Waals surface area contributed by atoms with Crippen LogP contribution in [-0.4, -0.2) is 42.5 Å². The summed E-state index contributed by atoms with van der Waals surface area (Å²) in [7, 11) is 0. The zero-order valence-electron chi connectivity index (χ0n) is 19.5. The number of nitrogens with zero attached hydrogens (tertiary/aromatic N) is 1. The van der Waals surface area contributed by atoms with Crippen molar-refractivity contribution in [1.82, 2.24) is 10.2 Å². The second kappa shape index (κ2) is 12.1. The maximum absolute atomic E-state index is 13.2. The molecule has 0 aliphatic rings. The van der Waals surface area contributed by atoms with Gasteiger partial charge >= 0.3 is 0 Å². The molecule has 0 spiro atoms. The Hall–Kier alpha value is -2.82. The summed E-state index contributed by atoms with van der Waals surface area (Å²) in [6.45, 7) is 11.0. The third-order valence-electron chi connectivity index (χ3n) is 5.46. The van der Waals surface area contributed by atoms with Crippen molar-refractivity contribution in [2.24, 2.45) is 5.92 Å². The van der Waals surface area contributed by atoms with Crippen molar-refractivity contribution in [1.29, 1.82) is 0 Å². The van der Waals surface area contributed by atoms with Crippen LogP contribution in [-0.2, 0) is 16.0 Å². The fourth-order valence-corrected chi connectivity index (χ4v) is 3.42. The van der Waals surface area contributed by atoms with E-state index in [2.05, 4.69) is 19.2 Å². The van der Waals surface area contributed by atoms with E-state index in [0.717, 1.165) is 16.7 Å². The van der Waals surface area contributed by atoms with Crippen LogP contribution >= 0.6 is 0 Å². The maximum atomic E-state index is 13.2. The molecule has 0 saturated carbocycles. The number of carbonyl (C=O) groups excluding carboxylic acids is 2. The van der Waals surface area contributed by atoms with Crippen molar-refractivity contribution in [3.05, 3.63) is 65.2 Å². The van der Waals surface area contributed by atoms with Gasteiger partial charge in [-0.1, -0.05) is 63.2 Å². The van der Waals surface area contributed by atoms with Crippen molar-refractivity contribution >= 4 is 11.8 Å². The van der Waals surface area contributed by atoms with Crippen LogP contribution < -0.4 is 10.1 Å². The predicted molar refractivity (Wildman–Crippen MR) is 125 cm³/mol. The van der Waals surface area contributed by atoms with E-state index in [4.69, 9.17) is 4.74 Å². The minimum absolute atomic E-state index is 0.0902. The van der Waals surface area contributed by atoms with Gasteiger partial charge < -0.3 is 15.0 Å². The van der Waals surface area contributed by atoms with Crippen molar-refractivity contribution < 1.29 is 14.3 Å². The minimum Gasteiger partial charge on any atom is -0.483 e. The van der Waals surface area contributed by atoms with E-state index in [-0.39, 0.29) is 18.4 Å². The van der Waals surface area contributed by atoms with Crippen LogP contribution in [0.3, 0.4) is 0 Å². The first kappa shape index (κ1) is 24.4. The molecule has 0 bridgehead atoms. The first-order chi connectivity index (χ1) is 14.8. The smallest absolute Gasteiger partial charge is 0.261 e. The molecule has 31 heavy (non-hydrogen) atoms. The lowest BCUT2D eigenvalue weighted by molar-refractivity contribution is -0.142. The van der Waals surface area contributed by atoms with Gasteiger partial charge in [-0.2, -0.15) is 0 Å². The quantitative estimate of drug-likeness (QED) is 0.585. The first-order valence-corrected chi connectivity index (χ1v) is 11.1. The van der Waals surface area contributed by atoms with Crippen molar-refractivity contribution in [3.8, 4) is 5.75 Å². The molecule has 0 aliphatic heterocycles. The Bertz CT molecular complexity index is 849. The molecule has 168 valence electrons. The minimum atomic E-state index is -0.517. The molecular formula is C26H36N2O3. The number of rotatable bonds is 11. The van der Waals surface area contributed by atoms with E-state index in [1.807, 2.05) is 69.3 Å². The number of benzene rings is 2. The Morgan fingerprint density at radius 1 is 1.03 bits per heavy atom. The zero-order valence-corrected chi connectivity index (χ0v) is 19.5. The Labute approximate surface area is 186 Å². The molecule has 5 heteroatoms. The highest BCUT2D eigenvalue weighted by molar-refractivity contribution is 5.88. The topological polar surface area (TPSA) is 58.6 Å². The SMILES string of the molecule is CC[C@@H](C(=O)NCC(C)C)N(CCc1ccccc1)C(=O)COc1cccc(C)c1C. The van der Waals surface area contributed by atoms with Gasteiger partial charge in [0.25, 0.3) is 5.91 Å². The Kier molecular flexibility index (Phi) is 9.57. The highest BCUT2D eigenvalue weighted by Crippen LogP contribution is 2.21. The van der Waals surface area contributed by atoms with Crippen molar-refractivity contribution in [2.45, 2.75) is 53.5 Å². The molecule has 0 fully saturated rings. The Balaban J connectivity index is 2.14. The van der Waals surface area contributed by atoms with E-state index in [0.29, 0.717) is 37.6 Å². The number of amides is 2. The van der Waals surface area contributed by atoms with Gasteiger partial charge in [0.15, 0.2) is 6.61 Å². The van der Waals surface area contributed by atoms with Crippen LogP contribution in [0.15, 0.2) is 48.5 Å². The van der Waals surface area contributed by atoms with Crippen LogP contribution in [0, 0.1) is 19.8 Å². The third kappa shape index (κ3) is 7.42. The number of hydrogen-bond acceptors (Lipinski definition) is 3. The first-order valence-electron chi connectivity index (χ1n) is 11.1. The van der Waals surface area contributed by atoms with Gasteiger partial charge in [-0.15, -0.1) is 0 Å². The average Bonchev–Trinajstić information content (AvgIpc) is 2.76. The van der Waals surface area contributed by atoms with Gasteiger partial charge in [0.2, 0.25) is 5.91 Å². The fourth-order valence-electron chi connectivity index (χ4n) is 3.42. The lowest BCUT2D eigenvalue weighted by atomic mass is 10.1. The average molecular weight is 425 g/mol. The monoisotopic (exact) mass is 424 g/mol. The standard InChI is InChI=1S/C26H36N2O3/c1-6-23(26(30)27-17-19(2)3)28(16-15-22-12-8-7-9-13-22)25(29)18-31-24-14-10-11-20(4)21(24)5/h7-14,19,23H,6,15-18H2,1-5H3,(H,27,30)/t23-/m0/s1. The molecule has 2 aromatic rings. The summed E-state index contributed by atoms with van der Waals surface area (Å²) < 4.78 is 5.86. The summed E-state index contributed by atoms with van der Waals surface area (Å²) in [6.07, 6.45) is 1.23. The van der Waals surface area contributed by atoms with Crippen LogP contribution in [0.5, 0.6) is 5.75 Å². The lowest BCUT2D eigenvalue weighted by Crippen LogP contribution is -2.51. The second-order valence-corrected chi connectivity index (χ2v) is 8.37. The van der Waals surface area contributed by atoms with Gasteiger partial charge in [0, 0.05) is 13.1 Å². The molecular weight excluding hydrogens is 388 g/mol.